The number of rotatable bonds is 2. The molecule has 0 unspecified atom stereocenters. The van der Waals surface area contributed by atoms with Gasteiger partial charge in [-0.05, 0) is 13.8 Å². The number of aryl methyl sites for hydroxylation is 1. The van der Waals surface area contributed by atoms with Crippen molar-refractivity contribution in [2.45, 2.75) is 13.8 Å². The zero-order valence-electron chi connectivity index (χ0n) is 7.37. The van der Waals surface area contributed by atoms with Gasteiger partial charge in [0.15, 0.2) is 0 Å². The number of aromatic nitrogens is 1. The van der Waals surface area contributed by atoms with Crippen LogP contribution in [0.3, 0.4) is 0 Å². The van der Waals surface area contributed by atoms with E-state index in [0.29, 0.717) is 5.71 Å². The summed E-state index contributed by atoms with van der Waals surface area (Å²) in [7, 11) is 0. The van der Waals surface area contributed by atoms with Gasteiger partial charge in [0.2, 0.25) is 0 Å². The van der Waals surface area contributed by atoms with Gasteiger partial charge >= 0.3 is 6.03 Å². The van der Waals surface area contributed by atoms with Gasteiger partial charge < -0.3 is 5.73 Å². The van der Waals surface area contributed by atoms with Crippen molar-refractivity contribution in [1.82, 2.24) is 10.4 Å². The molecule has 0 aromatic carbocycles. The van der Waals surface area contributed by atoms with Gasteiger partial charge in [-0.1, -0.05) is 0 Å². The van der Waals surface area contributed by atoms with Gasteiger partial charge in [-0.15, -0.1) is 11.3 Å². The van der Waals surface area contributed by atoms with E-state index in [-0.39, 0.29) is 0 Å². The van der Waals surface area contributed by atoms with E-state index in [0.717, 1.165) is 10.7 Å². The van der Waals surface area contributed by atoms with E-state index in [1.165, 1.54) is 11.3 Å². The normalized spacial score (nSPS) is 11.4. The smallest absolute Gasteiger partial charge is 0.332 e. The number of amides is 2. The van der Waals surface area contributed by atoms with Crippen molar-refractivity contribution >= 4 is 23.1 Å². The Kier molecular flexibility index (Phi) is 2.97. The van der Waals surface area contributed by atoms with Crippen LogP contribution in [0.4, 0.5) is 4.79 Å². The SMILES string of the molecule is C/C(=N\NC(N)=O)c1csc(C)n1. The number of nitrogens with one attached hydrogen (secondary N) is 1. The predicted molar refractivity (Wildman–Crippen MR) is 51.8 cm³/mol. The molecule has 0 spiro atoms. The van der Waals surface area contributed by atoms with Crippen molar-refractivity contribution in [2.75, 3.05) is 0 Å². The zero-order valence-corrected chi connectivity index (χ0v) is 8.18. The van der Waals surface area contributed by atoms with Crippen LogP contribution in [0.5, 0.6) is 0 Å². The Morgan fingerprint density at radius 2 is 2.46 bits per heavy atom. The maximum absolute atomic E-state index is 10.3. The summed E-state index contributed by atoms with van der Waals surface area (Å²) in [5.74, 6) is 0. The molecule has 6 heteroatoms. The number of primary amides is 1. The van der Waals surface area contributed by atoms with Crippen molar-refractivity contribution in [1.29, 1.82) is 0 Å². The number of nitrogens with zero attached hydrogens (tertiary/aromatic N) is 2. The van der Waals surface area contributed by atoms with Gasteiger partial charge in [0, 0.05) is 5.38 Å². The first kappa shape index (κ1) is 9.66. The molecule has 0 bridgehead atoms. The highest BCUT2D eigenvalue weighted by atomic mass is 32.1. The first-order chi connectivity index (χ1) is 6.09. The molecule has 0 atom stereocenters. The molecule has 0 radical (unpaired) electrons. The second kappa shape index (κ2) is 3.99. The van der Waals surface area contributed by atoms with Gasteiger partial charge in [0.05, 0.1) is 16.4 Å². The van der Waals surface area contributed by atoms with Crippen LogP contribution < -0.4 is 11.2 Å². The molecule has 0 saturated heterocycles. The van der Waals surface area contributed by atoms with Crippen LogP contribution in [0.15, 0.2) is 10.5 Å². The van der Waals surface area contributed by atoms with E-state index in [1.807, 2.05) is 12.3 Å². The molecular weight excluding hydrogens is 188 g/mol. The maximum atomic E-state index is 10.3. The zero-order chi connectivity index (χ0) is 9.84. The molecule has 0 aliphatic rings. The molecule has 70 valence electrons. The van der Waals surface area contributed by atoms with E-state index in [1.54, 1.807) is 6.92 Å². The van der Waals surface area contributed by atoms with Crippen LogP contribution in [0.1, 0.15) is 17.6 Å². The van der Waals surface area contributed by atoms with Crippen LogP contribution in [0.2, 0.25) is 0 Å². The first-order valence-corrected chi connectivity index (χ1v) is 4.50. The molecular formula is C7H10N4OS. The fourth-order valence-electron chi connectivity index (χ4n) is 0.726. The summed E-state index contributed by atoms with van der Waals surface area (Å²) in [5, 5.41) is 6.58. The average Bonchev–Trinajstić information content (AvgIpc) is 2.47. The summed E-state index contributed by atoms with van der Waals surface area (Å²) < 4.78 is 0. The van der Waals surface area contributed by atoms with Crippen molar-refractivity contribution in [3.63, 3.8) is 0 Å². The van der Waals surface area contributed by atoms with Crippen molar-refractivity contribution in [2.24, 2.45) is 10.8 Å². The highest BCUT2D eigenvalue weighted by Crippen LogP contribution is 2.08. The summed E-state index contributed by atoms with van der Waals surface area (Å²) in [6.07, 6.45) is 0. The van der Waals surface area contributed by atoms with Crippen LogP contribution in [0, 0.1) is 6.92 Å². The summed E-state index contributed by atoms with van der Waals surface area (Å²) in [4.78, 5) is 14.5. The number of nitrogens with two attached hydrogens (primary N) is 1. The summed E-state index contributed by atoms with van der Waals surface area (Å²) in [6.45, 7) is 3.66. The van der Waals surface area contributed by atoms with Gasteiger partial charge in [0.1, 0.15) is 0 Å². The first-order valence-electron chi connectivity index (χ1n) is 3.62. The van der Waals surface area contributed by atoms with E-state index in [4.69, 9.17) is 5.73 Å². The Labute approximate surface area is 79.7 Å². The van der Waals surface area contributed by atoms with E-state index in [2.05, 4.69) is 15.5 Å². The van der Waals surface area contributed by atoms with Crippen LogP contribution in [-0.4, -0.2) is 16.7 Å². The molecule has 1 aromatic rings. The molecule has 0 aliphatic carbocycles. The molecule has 0 aliphatic heterocycles. The number of hydrazone groups is 1. The van der Waals surface area contributed by atoms with Crippen LogP contribution in [0.25, 0.3) is 0 Å². The predicted octanol–water partition coefficient (Wildman–Crippen LogP) is 0.844. The third-order valence-electron chi connectivity index (χ3n) is 1.32. The fraction of sp³-hybridized carbons (Fsp3) is 0.286. The van der Waals surface area contributed by atoms with E-state index < -0.39 is 6.03 Å². The monoisotopic (exact) mass is 198 g/mol. The lowest BCUT2D eigenvalue weighted by molar-refractivity contribution is 0.249. The van der Waals surface area contributed by atoms with Crippen LogP contribution in [-0.2, 0) is 0 Å². The summed E-state index contributed by atoms with van der Waals surface area (Å²) in [6, 6.07) is -0.675. The summed E-state index contributed by atoms with van der Waals surface area (Å²) in [5.41, 5.74) is 8.40. The molecule has 1 aromatic heterocycles. The number of hydrogen-bond acceptors (Lipinski definition) is 4. The molecule has 1 heterocycles. The molecule has 5 nitrogen and oxygen atoms in total. The third kappa shape index (κ3) is 2.83. The highest BCUT2D eigenvalue weighted by molar-refractivity contribution is 7.09. The lowest BCUT2D eigenvalue weighted by Crippen LogP contribution is -2.25. The Balaban J connectivity index is 2.72. The standard InChI is InChI=1S/C7H10N4OS/c1-4(10-11-7(8)12)6-3-13-5(2)9-6/h3H,1-2H3,(H3,8,11,12)/b10-4+. The lowest BCUT2D eigenvalue weighted by atomic mass is 10.3. The Morgan fingerprint density at radius 1 is 1.77 bits per heavy atom. The molecule has 3 N–H and O–H groups in total. The van der Waals surface area contributed by atoms with Crippen LogP contribution >= 0.6 is 11.3 Å². The highest BCUT2D eigenvalue weighted by Gasteiger charge is 2.01. The number of hydrogen-bond donors (Lipinski definition) is 2. The van der Waals surface area contributed by atoms with Crippen molar-refractivity contribution in [3.05, 3.63) is 16.1 Å². The Bertz CT molecular complexity index is 344. The second-order valence-electron chi connectivity index (χ2n) is 2.43. The minimum absolute atomic E-state index is 0.642. The fourth-order valence-corrected chi connectivity index (χ4v) is 1.38. The van der Waals surface area contributed by atoms with Gasteiger partial charge in [-0.2, -0.15) is 5.10 Å². The van der Waals surface area contributed by atoms with E-state index >= 15 is 0 Å². The van der Waals surface area contributed by atoms with Crippen molar-refractivity contribution < 1.29 is 4.79 Å². The quantitative estimate of drug-likeness (QED) is 0.545. The number of urea groups is 1. The summed E-state index contributed by atoms with van der Waals surface area (Å²) >= 11 is 1.53. The van der Waals surface area contributed by atoms with Gasteiger partial charge in [-0.3, -0.25) is 0 Å². The number of thiazole rings is 1. The maximum Gasteiger partial charge on any atom is 0.332 e. The van der Waals surface area contributed by atoms with Gasteiger partial charge in [-0.25, -0.2) is 15.2 Å². The minimum atomic E-state index is -0.675. The Morgan fingerprint density at radius 3 is 2.92 bits per heavy atom. The minimum Gasteiger partial charge on any atom is -0.350 e. The number of carbonyl (C=O) groups is 1. The largest absolute Gasteiger partial charge is 0.350 e. The van der Waals surface area contributed by atoms with Crippen molar-refractivity contribution in [3.8, 4) is 0 Å². The molecule has 0 saturated carbocycles. The third-order valence-corrected chi connectivity index (χ3v) is 2.10. The van der Waals surface area contributed by atoms with E-state index in [9.17, 15) is 4.79 Å². The molecule has 0 fully saturated rings. The lowest BCUT2D eigenvalue weighted by Gasteiger charge is -1.95. The molecule has 1 rings (SSSR count). The average molecular weight is 198 g/mol. The van der Waals surface area contributed by atoms with Gasteiger partial charge in [0.25, 0.3) is 0 Å². The Hall–Kier alpha value is -1.43. The molecule has 13 heavy (non-hydrogen) atoms. The second-order valence-corrected chi connectivity index (χ2v) is 3.49. The topological polar surface area (TPSA) is 80.4 Å². The molecule has 2 amide bonds. The number of carbonyl (C=O) groups excluding carboxylic acids is 1.